The summed E-state index contributed by atoms with van der Waals surface area (Å²) in [5.74, 6) is 0.708. The Kier molecular flexibility index (Phi) is 2.72. The second-order valence-electron chi connectivity index (χ2n) is 5.27. The van der Waals surface area contributed by atoms with Crippen LogP contribution in [0, 0.1) is 0 Å². The third kappa shape index (κ3) is 1.78. The molecule has 1 amide bonds. The summed E-state index contributed by atoms with van der Waals surface area (Å²) < 4.78 is 6.02. The second-order valence-corrected chi connectivity index (χ2v) is 6.15. The fraction of sp³-hybridized carbons (Fsp3) is 0.188. The zero-order valence-corrected chi connectivity index (χ0v) is 12.7. The molecular formula is C16H11Cl2NO2. The predicted molar refractivity (Wildman–Crippen MR) is 80.9 cm³/mol. The Balaban J connectivity index is 1.88. The van der Waals surface area contributed by atoms with E-state index in [4.69, 9.17) is 27.9 Å². The summed E-state index contributed by atoms with van der Waals surface area (Å²) in [6.45, 7) is 1.98. The maximum atomic E-state index is 12.6. The lowest BCUT2D eigenvalue weighted by molar-refractivity contribution is -0.00180. The summed E-state index contributed by atoms with van der Waals surface area (Å²) in [6.07, 6.45) is -0.395. The van der Waals surface area contributed by atoms with Gasteiger partial charge in [-0.1, -0.05) is 29.3 Å². The maximum absolute atomic E-state index is 12.6. The summed E-state index contributed by atoms with van der Waals surface area (Å²) in [5, 5.41) is 1.19. The van der Waals surface area contributed by atoms with Crippen molar-refractivity contribution in [2.45, 2.75) is 19.2 Å². The monoisotopic (exact) mass is 319 g/mol. The quantitative estimate of drug-likeness (QED) is 0.710. The van der Waals surface area contributed by atoms with E-state index in [0.29, 0.717) is 15.6 Å². The van der Waals surface area contributed by atoms with E-state index >= 15 is 0 Å². The van der Waals surface area contributed by atoms with Crippen LogP contribution in [-0.4, -0.2) is 10.8 Å². The van der Waals surface area contributed by atoms with Gasteiger partial charge in [0.25, 0.3) is 5.91 Å². The molecule has 0 unspecified atom stereocenters. The van der Waals surface area contributed by atoms with Crippen LogP contribution < -0.4 is 4.74 Å². The average molecular weight is 320 g/mol. The van der Waals surface area contributed by atoms with Crippen molar-refractivity contribution in [3.05, 3.63) is 63.1 Å². The van der Waals surface area contributed by atoms with E-state index in [9.17, 15) is 4.79 Å². The number of hydrogen-bond donors (Lipinski definition) is 0. The van der Waals surface area contributed by atoms with Gasteiger partial charge in [0.2, 0.25) is 6.23 Å². The standard InChI is InChI=1S/C16H11Cl2NO2/c1-8-12-6-10(18)3-5-14(12)21-16-11-4-2-9(17)7-13(11)15(20)19(8)16/h2-8,16H,1H3/t8-,16-/m0/s1. The molecule has 2 heterocycles. The van der Waals surface area contributed by atoms with Gasteiger partial charge in [-0.2, -0.15) is 0 Å². The van der Waals surface area contributed by atoms with Crippen LogP contribution in [0.2, 0.25) is 10.0 Å². The molecule has 2 aliphatic rings. The van der Waals surface area contributed by atoms with Crippen LogP contribution >= 0.6 is 23.2 Å². The van der Waals surface area contributed by atoms with Crippen molar-refractivity contribution >= 4 is 29.1 Å². The number of carbonyl (C=O) groups excluding carboxylic acids is 1. The fourth-order valence-corrected chi connectivity index (χ4v) is 3.40. The van der Waals surface area contributed by atoms with E-state index in [1.165, 1.54) is 0 Å². The van der Waals surface area contributed by atoms with Crippen molar-refractivity contribution in [2.75, 3.05) is 0 Å². The number of amides is 1. The largest absolute Gasteiger partial charge is 0.466 e. The number of fused-ring (bicyclic) bond motifs is 4. The number of halogens is 2. The highest BCUT2D eigenvalue weighted by atomic mass is 35.5. The van der Waals surface area contributed by atoms with Gasteiger partial charge in [-0.25, -0.2) is 0 Å². The van der Waals surface area contributed by atoms with Gasteiger partial charge in [0.05, 0.1) is 11.6 Å². The first-order valence-corrected chi connectivity index (χ1v) is 7.40. The van der Waals surface area contributed by atoms with Gasteiger partial charge in [-0.15, -0.1) is 0 Å². The first-order valence-electron chi connectivity index (χ1n) is 6.64. The molecule has 21 heavy (non-hydrogen) atoms. The molecule has 0 saturated heterocycles. The highest BCUT2D eigenvalue weighted by Gasteiger charge is 2.45. The lowest BCUT2D eigenvalue weighted by Gasteiger charge is -2.37. The predicted octanol–water partition coefficient (Wildman–Crippen LogP) is 4.60. The fourth-order valence-electron chi connectivity index (χ4n) is 3.05. The molecule has 2 aliphatic heterocycles. The molecule has 0 bridgehead atoms. The zero-order valence-electron chi connectivity index (χ0n) is 11.1. The van der Waals surface area contributed by atoms with Crippen molar-refractivity contribution in [1.82, 2.24) is 4.90 Å². The summed E-state index contributed by atoms with van der Waals surface area (Å²) in [5.41, 5.74) is 2.39. The van der Waals surface area contributed by atoms with Crippen LogP contribution in [0.3, 0.4) is 0 Å². The molecule has 0 radical (unpaired) electrons. The van der Waals surface area contributed by atoms with Gasteiger partial charge in [-0.05, 0) is 37.3 Å². The van der Waals surface area contributed by atoms with Crippen molar-refractivity contribution < 1.29 is 9.53 Å². The van der Waals surface area contributed by atoms with E-state index in [2.05, 4.69) is 0 Å². The molecule has 0 N–H and O–H groups in total. The highest BCUT2D eigenvalue weighted by molar-refractivity contribution is 6.31. The molecule has 2 atom stereocenters. The number of carbonyl (C=O) groups is 1. The van der Waals surface area contributed by atoms with E-state index in [1.807, 2.05) is 25.1 Å². The summed E-state index contributed by atoms with van der Waals surface area (Å²) in [4.78, 5) is 14.4. The van der Waals surface area contributed by atoms with Gasteiger partial charge in [0.15, 0.2) is 0 Å². The average Bonchev–Trinajstić information content (AvgIpc) is 2.73. The molecule has 0 spiro atoms. The van der Waals surface area contributed by atoms with E-state index in [1.54, 1.807) is 23.1 Å². The Labute approximate surface area is 132 Å². The molecule has 2 aromatic carbocycles. The lowest BCUT2D eigenvalue weighted by atomic mass is 10.0. The smallest absolute Gasteiger partial charge is 0.258 e. The molecule has 0 fully saturated rings. The van der Waals surface area contributed by atoms with Crippen LogP contribution in [0.5, 0.6) is 5.75 Å². The maximum Gasteiger partial charge on any atom is 0.258 e. The molecule has 3 nitrogen and oxygen atoms in total. The molecule has 0 saturated carbocycles. The summed E-state index contributed by atoms with van der Waals surface area (Å²) in [6, 6.07) is 10.7. The Morgan fingerprint density at radius 3 is 2.57 bits per heavy atom. The van der Waals surface area contributed by atoms with Crippen molar-refractivity contribution in [1.29, 1.82) is 0 Å². The van der Waals surface area contributed by atoms with Crippen LogP contribution in [0.25, 0.3) is 0 Å². The van der Waals surface area contributed by atoms with Crippen LogP contribution in [0.15, 0.2) is 36.4 Å². The molecule has 4 rings (SSSR count). The minimum atomic E-state index is -0.395. The summed E-state index contributed by atoms with van der Waals surface area (Å²) >= 11 is 12.1. The van der Waals surface area contributed by atoms with Crippen LogP contribution in [0.4, 0.5) is 0 Å². The van der Waals surface area contributed by atoms with Gasteiger partial charge >= 0.3 is 0 Å². The minimum Gasteiger partial charge on any atom is -0.466 e. The number of benzene rings is 2. The minimum absolute atomic E-state index is 0.0596. The number of hydrogen-bond acceptors (Lipinski definition) is 2. The van der Waals surface area contributed by atoms with Crippen molar-refractivity contribution in [2.24, 2.45) is 0 Å². The van der Waals surface area contributed by atoms with Crippen molar-refractivity contribution in [3.63, 3.8) is 0 Å². The molecular weight excluding hydrogens is 309 g/mol. The van der Waals surface area contributed by atoms with E-state index in [0.717, 1.165) is 16.9 Å². The first kappa shape index (κ1) is 13.0. The Morgan fingerprint density at radius 2 is 1.76 bits per heavy atom. The highest BCUT2D eigenvalue weighted by Crippen LogP contribution is 2.48. The lowest BCUT2D eigenvalue weighted by Crippen LogP contribution is -2.37. The Hall–Kier alpha value is -1.71. The number of nitrogens with zero attached hydrogens (tertiary/aromatic N) is 1. The normalized spacial score (nSPS) is 22.4. The van der Waals surface area contributed by atoms with Crippen LogP contribution in [0.1, 0.15) is 40.7 Å². The van der Waals surface area contributed by atoms with Crippen LogP contribution in [-0.2, 0) is 0 Å². The van der Waals surface area contributed by atoms with Gasteiger partial charge in [0, 0.05) is 21.2 Å². The topological polar surface area (TPSA) is 29.5 Å². The molecule has 0 aliphatic carbocycles. The third-order valence-electron chi connectivity index (χ3n) is 4.08. The van der Waals surface area contributed by atoms with Gasteiger partial charge in [0.1, 0.15) is 5.75 Å². The van der Waals surface area contributed by atoms with Gasteiger partial charge in [-0.3, -0.25) is 9.69 Å². The molecule has 0 aromatic heterocycles. The Morgan fingerprint density at radius 1 is 1.05 bits per heavy atom. The van der Waals surface area contributed by atoms with E-state index < -0.39 is 6.23 Å². The van der Waals surface area contributed by atoms with Crippen molar-refractivity contribution in [3.8, 4) is 5.75 Å². The molecule has 106 valence electrons. The summed E-state index contributed by atoms with van der Waals surface area (Å²) in [7, 11) is 0. The second kappa shape index (κ2) is 4.39. The number of rotatable bonds is 0. The zero-order chi connectivity index (χ0) is 14.7. The first-order chi connectivity index (χ1) is 10.1. The van der Waals surface area contributed by atoms with Gasteiger partial charge < -0.3 is 4.74 Å². The molecule has 2 aromatic rings. The SMILES string of the molecule is C[C@H]1c2cc(Cl)ccc2O[C@H]2c3ccc(Cl)cc3C(=O)N12. The Bertz CT molecular complexity index is 775. The number of ether oxygens (including phenoxy) is 1. The van der Waals surface area contributed by atoms with E-state index in [-0.39, 0.29) is 11.9 Å². The molecule has 5 heteroatoms. The third-order valence-corrected chi connectivity index (χ3v) is 4.55.